The Morgan fingerprint density at radius 2 is 2.06 bits per heavy atom. The maximum absolute atomic E-state index is 11.4. The molecule has 1 aliphatic rings. The van der Waals surface area contributed by atoms with Gasteiger partial charge >= 0.3 is 0 Å². The van der Waals surface area contributed by atoms with Gasteiger partial charge in [0.15, 0.2) is 0 Å². The smallest absolute Gasteiger partial charge is 0.241 e. The van der Waals surface area contributed by atoms with Crippen LogP contribution >= 0.6 is 11.6 Å². The molecule has 0 unspecified atom stereocenters. The zero-order valence-electron chi connectivity index (χ0n) is 8.95. The third-order valence-electron chi connectivity index (χ3n) is 2.40. The molecule has 4 nitrogen and oxygen atoms in total. The van der Waals surface area contributed by atoms with Crippen molar-refractivity contribution in [2.24, 2.45) is 5.14 Å². The van der Waals surface area contributed by atoms with Crippen LogP contribution in [0.5, 0.6) is 5.75 Å². The number of sulfonamides is 1. The van der Waals surface area contributed by atoms with Crippen molar-refractivity contribution in [1.29, 1.82) is 0 Å². The minimum absolute atomic E-state index is 0.0411. The van der Waals surface area contributed by atoms with Gasteiger partial charge in [0.05, 0.1) is 0 Å². The van der Waals surface area contributed by atoms with Crippen LogP contribution in [0.2, 0.25) is 5.02 Å². The maximum atomic E-state index is 11.4. The zero-order chi connectivity index (χ0) is 12.1. The molecular formula is C10H12ClNO3S. The summed E-state index contributed by atoms with van der Waals surface area (Å²) in [6.45, 7) is 3.77. The van der Waals surface area contributed by atoms with Crippen molar-refractivity contribution >= 4 is 21.6 Å². The number of fused-ring (bicyclic) bond motifs is 1. The minimum atomic E-state index is -3.81. The second-order valence-corrected chi connectivity index (χ2v) is 6.44. The van der Waals surface area contributed by atoms with E-state index in [1.54, 1.807) is 6.07 Å². The standard InChI is InChI=1S/C10H12ClNO3S/c1-10(2)5-6-3-7(11)4-8(9(6)15-10)16(12,13)14/h3-4H,5H2,1-2H3,(H2,12,13,14). The molecule has 0 aliphatic carbocycles. The molecule has 0 aromatic heterocycles. The van der Waals surface area contributed by atoms with E-state index in [1.807, 2.05) is 13.8 Å². The highest BCUT2D eigenvalue weighted by atomic mass is 35.5. The summed E-state index contributed by atoms with van der Waals surface area (Å²) in [5, 5.41) is 5.47. The van der Waals surface area contributed by atoms with Gasteiger partial charge < -0.3 is 4.74 Å². The molecule has 1 heterocycles. The molecule has 2 rings (SSSR count). The van der Waals surface area contributed by atoms with Crippen LogP contribution in [0.1, 0.15) is 19.4 Å². The Morgan fingerprint density at radius 1 is 1.44 bits per heavy atom. The summed E-state index contributed by atoms with van der Waals surface area (Å²) in [5.41, 5.74) is 0.355. The molecule has 0 saturated heterocycles. The van der Waals surface area contributed by atoms with Crippen molar-refractivity contribution in [2.45, 2.75) is 30.8 Å². The first-order chi connectivity index (χ1) is 7.19. The summed E-state index contributed by atoms with van der Waals surface area (Å²) in [5.74, 6) is 0.330. The lowest BCUT2D eigenvalue weighted by Crippen LogP contribution is -2.25. The summed E-state index contributed by atoms with van der Waals surface area (Å²) in [7, 11) is -3.81. The first-order valence-corrected chi connectivity index (χ1v) is 6.66. The van der Waals surface area contributed by atoms with E-state index in [1.165, 1.54) is 6.07 Å². The summed E-state index contributed by atoms with van der Waals surface area (Å²) in [6.07, 6.45) is 0.616. The van der Waals surface area contributed by atoms with Gasteiger partial charge in [0.2, 0.25) is 10.0 Å². The average Bonchev–Trinajstić information content (AvgIpc) is 2.35. The molecule has 1 aromatic rings. The van der Waals surface area contributed by atoms with E-state index in [0.717, 1.165) is 5.56 Å². The Labute approximate surface area is 99.4 Å². The van der Waals surface area contributed by atoms with Crippen LogP contribution in [-0.4, -0.2) is 14.0 Å². The number of benzene rings is 1. The lowest BCUT2D eigenvalue weighted by molar-refractivity contribution is 0.135. The van der Waals surface area contributed by atoms with Crippen molar-refractivity contribution in [3.05, 3.63) is 22.7 Å². The molecule has 6 heteroatoms. The largest absolute Gasteiger partial charge is 0.486 e. The molecule has 0 saturated carbocycles. The van der Waals surface area contributed by atoms with E-state index in [2.05, 4.69) is 0 Å². The van der Waals surface area contributed by atoms with Crippen molar-refractivity contribution in [3.8, 4) is 5.75 Å². The first kappa shape index (κ1) is 11.7. The molecule has 1 aliphatic heterocycles. The molecule has 0 fully saturated rings. The van der Waals surface area contributed by atoms with Crippen LogP contribution in [0.4, 0.5) is 0 Å². The van der Waals surface area contributed by atoms with E-state index in [4.69, 9.17) is 21.5 Å². The number of rotatable bonds is 1. The van der Waals surface area contributed by atoms with E-state index in [0.29, 0.717) is 17.2 Å². The van der Waals surface area contributed by atoms with E-state index in [-0.39, 0.29) is 4.90 Å². The number of halogens is 1. The average molecular weight is 262 g/mol. The highest BCUT2D eigenvalue weighted by Gasteiger charge is 2.34. The molecule has 0 amide bonds. The molecule has 0 bridgehead atoms. The Hall–Kier alpha value is -0.780. The van der Waals surface area contributed by atoms with Gasteiger partial charge in [0.1, 0.15) is 16.2 Å². The van der Waals surface area contributed by atoms with Gasteiger partial charge in [-0.1, -0.05) is 11.6 Å². The molecule has 0 spiro atoms. The Kier molecular flexibility index (Phi) is 2.45. The quantitative estimate of drug-likeness (QED) is 0.837. The predicted octanol–water partition coefficient (Wildman–Crippen LogP) is 1.70. The molecule has 88 valence electrons. The van der Waals surface area contributed by atoms with Crippen molar-refractivity contribution in [1.82, 2.24) is 0 Å². The van der Waals surface area contributed by atoms with Crippen molar-refractivity contribution < 1.29 is 13.2 Å². The van der Waals surface area contributed by atoms with E-state index >= 15 is 0 Å². The third kappa shape index (κ3) is 2.03. The van der Waals surface area contributed by atoms with E-state index in [9.17, 15) is 8.42 Å². The van der Waals surface area contributed by atoms with Gasteiger partial charge in [0, 0.05) is 17.0 Å². The fraction of sp³-hybridized carbons (Fsp3) is 0.400. The molecule has 1 aromatic carbocycles. The van der Waals surface area contributed by atoms with Crippen molar-refractivity contribution in [3.63, 3.8) is 0 Å². The van der Waals surface area contributed by atoms with Gasteiger partial charge in [0.25, 0.3) is 0 Å². The fourth-order valence-electron chi connectivity index (χ4n) is 1.85. The SMILES string of the molecule is CC1(C)Cc2cc(Cl)cc(S(N)(=O)=O)c2O1. The Bertz CT molecular complexity index is 551. The highest BCUT2D eigenvalue weighted by Crippen LogP contribution is 2.41. The number of ether oxygens (including phenoxy) is 1. The minimum Gasteiger partial charge on any atom is -0.486 e. The third-order valence-corrected chi connectivity index (χ3v) is 3.53. The monoisotopic (exact) mass is 261 g/mol. The van der Waals surface area contributed by atoms with Gasteiger partial charge in [-0.2, -0.15) is 0 Å². The molecule has 0 radical (unpaired) electrons. The molecular weight excluding hydrogens is 250 g/mol. The van der Waals surface area contributed by atoms with Gasteiger partial charge in [-0.15, -0.1) is 0 Å². The predicted molar refractivity (Wildman–Crippen MR) is 61.2 cm³/mol. The van der Waals surface area contributed by atoms with Crippen LogP contribution in [0.3, 0.4) is 0 Å². The summed E-state index contributed by atoms with van der Waals surface area (Å²) < 4.78 is 28.4. The van der Waals surface area contributed by atoms with Gasteiger partial charge in [-0.3, -0.25) is 0 Å². The summed E-state index contributed by atoms with van der Waals surface area (Å²) >= 11 is 5.85. The Balaban J connectivity index is 2.68. The topological polar surface area (TPSA) is 69.4 Å². The lowest BCUT2D eigenvalue weighted by atomic mass is 10.0. The molecule has 16 heavy (non-hydrogen) atoms. The van der Waals surface area contributed by atoms with Crippen LogP contribution in [-0.2, 0) is 16.4 Å². The molecule has 0 atom stereocenters. The summed E-state index contributed by atoms with van der Waals surface area (Å²) in [4.78, 5) is -0.0411. The van der Waals surface area contributed by atoms with Crippen molar-refractivity contribution in [2.75, 3.05) is 0 Å². The number of primary sulfonamides is 1. The van der Waals surface area contributed by atoms with E-state index < -0.39 is 15.6 Å². The number of hydrogen-bond acceptors (Lipinski definition) is 3. The second-order valence-electron chi connectivity index (χ2n) is 4.48. The normalized spacial score (nSPS) is 18.0. The fourth-order valence-corrected chi connectivity index (χ4v) is 2.88. The van der Waals surface area contributed by atoms with Crippen LogP contribution in [0, 0.1) is 0 Å². The second kappa shape index (κ2) is 3.35. The number of hydrogen-bond donors (Lipinski definition) is 1. The Morgan fingerprint density at radius 3 is 2.62 bits per heavy atom. The molecule has 2 N–H and O–H groups in total. The summed E-state index contributed by atoms with van der Waals surface area (Å²) in [6, 6.07) is 3.03. The lowest BCUT2D eigenvalue weighted by Gasteiger charge is -2.17. The maximum Gasteiger partial charge on any atom is 0.241 e. The highest BCUT2D eigenvalue weighted by molar-refractivity contribution is 7.89. The zero-order valence-corrected chi connectivity index (χ0v) is 10.5. The van der Waals surface area contributed by atoms with Crippen LogP contribution in [0.25, 0.3) is 0 Å². The first-order valence-electron chi connectivity index (χ1n) is 4.73. The van der Waals surface area contributed by atoms with Crippen LogP contribution < -0.4 is 9.88 Å². The van der Waals surface area contributed by atoms with Crippen LogP contribution in [0.15, 0.2) is 17.0 Å². The van der Waals surface area contributed by atoms with Gasteiger partial charge in [-0.05, 0) is 26.0 Å². The van der Waals surface area contributed by atoms with Gasteiger partial charge in [-0.25, -0.2) is 13.6 Å². The number of nitrogens with two attached hydrogens (primary N) is 1.